The van der Waals surface area contributed by atoms with Crippen molar-refractivity contribution in [3.8, 4) is 5.69 Å². The molecule has 5 rings (SSSR count). The van der Waals surface area contributed by atoms with Crippen LogP contribution in [0.1, 0.15) is 23.2 Å². The molecule has 3 aromatic heterocycles. The highest BCUT2D eigenvalue weighted by atomic mass is 19.3. The summed E-state index contributed by atoms with van der Waals surface area (Å²) in [6.45, 7) is 1.74. The Kier molecular flexibility index (Phi) is 6.85. The standard InChI is InChI=1S/C17H15N5O3.C6H11F2N/c18-6-14-9-22(17(24)25-14)15-2-1-13(8-19-15)21-4-3-12-5-11(10-23)7-20-16(12)21;1-9-4-2-6(7,8)3-5-9/h1-5,7-8,10,14H,6,9,18H2;2-5H2,1H3. The maximum atomic E-state index is 12.4. The molecule has 1 unspecified atom stereocenters. The maximum Gasteiger partial charge on any atom is 0.415 e. The highest BCUT2D eigenvalue weighted by molar-refractivity contribution is 5.89. The molecule has 1 atom stereocenters. The third-order valence-electron chi connectivity index (χ3n) is 5.83. The van der Waals surface area contributed by atoms with E-state index in [1.807, 2.05) is 34.8 Å². The number of rotatable bonds is 4. The monoisotopic (exact) mass is 472 g/mol. The van der Waals surface area contributed by atoms with E-state index in [0.29, 0.717) is 31.0 Å². The predicted octanol–water partition coefficient (Wildman–Crippen LogP) is 2.86. The summed E-state index contributed by atoms with van der Waals surface area (Å²) in [5, 5.41) is 0.864. The van der Waals surface area contributed by atoms with Gasteiger partial charge < -0.3 is 15.4 Å². The van der Waals surface area contributed by atoms with Crippen molar-refractivity contribution >= 4 is 29.2 Å². The van der Waals surface area contributed by atoms with E-state index in [2.05, 4.69) is 9.97 Å². The number of nitrogens with two attached hydrogens (primary N) is 1. The number of cyclic esters (lactones) is 1. The van der Waals surface area contributed by atoms with Crippen molar-refractivity contribution in [3.63, 3.8) is 0 Å². The van der Waals surface area contributed by atoms with Crippen LogP contribution in [0.4, 0.5) is 19.4 Å². The number of aromatic nitrogens is 3. The van der Waals surface area contributed by atoms with Gasteiger partial charge in [0.2, 0.25) is 0 Å². The normalized spacial score (nSPS) is 20.1. The Morgan fingerprint density at radius 3 is 2.56 bits per heavy atom. The number of alkyl halides is 2. The van der Waals surface area contributed by atoms with Gasteiger partial charge in [0.15, 0.2) is 6.29 Å². The molecule has 2 saturated heterocycles. The number of hydrogen-bond acceptors (Lipinski definition) is 7. The number of amides is 1. The molecule has 2 aliphatic rings. The Morgan fingerprint density at radius 1 is 1.21 bits per heavy atom. The number of pyridine rings is 2. The molecule has 0 bridgehead atoms. The number of aldehydes is 1. The summed E-state index contributed by atoms with van der Waals surface area (Å²) >= 11 is 0. The molecule has 2 fully saturated rings. The number of likely N-dealkylation sites (tertiary alicyclic amines) is 1. The number of halogens is 2. The second kappa shape index (κ2) is 9.82. The summed E-state index contributed by atoms with van der Waals surface area (Å²) < 4.78 is 31.7. The fourth-order valence-corrected chi connectivity index (χ4v) is 3.77. The van der Waals surface area contributed by atoms with E-state index >= 15 is 0 Å². The Balaban J connectivity index is 0.000000257. The average molecular weight is 472 g/mol. The zero-order valence-corrected chi connectivity index (χ0v) is 18.7. The molecule has 0 aliphatic carbocycles. The van der Waals surface area contributed by atoms with Crippen molar-refractivity contribution in [1.29, 1.82) is 0 Å². The quantitative estimate of drug-likeness (QED) is 0.582. The number of hydrogen-bond donors (Lipinski definition) is 1. The van der Waals surface area contributed by atoms with Gasteiger partial charge in [-0.2, -0.15) is 0 Å². The van der Waals surface area contributed by atoms with Crippen molar-refractivity contribution in [2.24, 2.45) is 5.73 Å². The van der Waals surface area contributed by atoms with Gasteiger partial charge in [0.1, 0.15) is 17.6 Å². The molecule has 0 aromatic carbocycles. The highest BCUT2D eigenvalue weighted by Crippen LogP contribution is 2.26. The zero-order valence-electron chi connectivity index (χ0n) is 18.7. The van der Waals surface area contributed by atoms with Crippen LogP contribution in [-0.4, -0.2) is 77.1 Å². The van der Waals surface area contributed by atoms with E-state index in [-0.39, 0.29) is 25.5 Å². The number of ether oxygens (including phenoxy) is 1. The van der Waals surface area contributed by atoms with Crippen LogP contribution >= 0.6 is 0 Å². The van der Waals surface area contributed by atoms with Gasteiger partial charge in [0.05, 0.1) is 18.4 Å². The van der Waals surface area contributed by atoms with Crippen LogP contribution < -0.4 is 10.6 Å². The zero-order chi connectivity index (χ0) is 24.3. The van der Waals surface area contributed by atoms with Crippen LogP contribution in [0.3, 0.4) is 0 Å². The van der Waals surface area contributed by atoms with Gasteiger partial charge in [-0.1, -0.05) is 0 Å². The van der Waals surface area contributed by atoms with E-state index in [4.69, 9.17) is 10.5 Å². The van der Waals surface area contributed by atoms with E-state index in [1.54, 1.807) is 18.3 Å². The highest BCUT2D eigenvalue weighted by Gasteiger charge is 2.33. The SMILES string of the molecule is CN1CCC(F)(F)CC1.NCC1CN(c2ccc(-n3ccc4cc(C=O)cnc43)cn2)C(=O)O1. The third-order valence-corrected chi connectivity index (χ3v) is 5.83. The molecule has 180 valence electrons. The molecular weight excluding hydrogens is 446 g/mol. The largest absolute Gasteiger partial charge is 0.443 e. The summed E-state index contributed by atoms with van der Waals surface area (Å²) in [6, 6.07) is 7.26. The second-order valence-electron chi connectivity index (χ2n) is 8.37. The van der Waals surface area contributed by atoms with Crippen LogP contribution in [0.2, 0.25) is 0 Å². The van der Waals surface area contributed by atoms with Crippen LogP contribution in [0, 0.1) is 0 Å². The first-order valence-electron chi connectivity index (χ1n) is 10.9. The first-order chi connectivity index (χ1) is 16.3. The molecule has 2 aliphatic heterocycles. The fraction of sp³-hybridized carbons (Fsp3) is 0.391. The fourth-order valence-electron chi connectivity index (χ4n) is 3.77. The summed E-state index contributed by atoms with van der Waals surface area (Å²) in [4.78, 5) is 34.8. The lowest BCUT2D eigenvalue weighted by Gasteiger charge is -2.28. The molecule has 11 heteroatoms. The average Bonchev–Trinajstić information content (AvgIpc) is 3.44. The van der Waals surface area contributed by atoms with Crippen LogP contribution in [0.15, 0.2) is 42.9 Å². The lowest BCUT2D eigenvalue weighted by Crippen LogP contribution is -2.36. The predicted molar refractivity (Wildman–Crippen MR) is 123 cm³/mol. The lowest BCUT2D eigenvalue weighted by atomic mass is 10.1. The van der Waals surface area contributed by atoms with Crippen molar-refractivity contribution < 1.29 is 23.1 Å². The van der Waals surface area contributed by atoms with Gasteiger partial charge in [-0.3, -0.25) is 14.3 Å². The molecule has 2 N–H and O–H groups in total. The lowest BCUT2D eigenvalue weighted by molar-refractivity contribution is -0.0504. The minimum atomic E-state index is -2.38. The number of nitrogens with zero attached hydrogens (tertiary/aromatic N) is 5. The van der Waals surface area contributed by atoms with Crippen LogP contribution in [0.25, 0.3) is 16.7 Å². The Labute approximate surface area is 195 Å². The molecule has 5 heterocycles. The summed E-state index contributed by atoms with van der Waals surface area (Å²) in [6.07, 6.45) is 5.13. The molecule has 34 heavy (non-hydrogen) atoms. The first kappa shape index (κ1) is 23.7. The molecular formula is C23H26F2N6O3. The number of anilines is 1. The van der Waals surface area contributed by atoms with Gasteiger partial charge in [0.25, 0.3) is 5.92 Å². The minimum absolute atomic E-state index is 0.0312. The first-order valence-corrected chi connectivity index (χ1v) is 10.9. The number of carbonyl (C=O) groups is 2. The van der Waals surface area contributed by atoms with Gasteiger partial charge in [-0.15, -0.1) is 0 Å². The molecule has 0 spiro atoms. The third kappa shape index (κ3) is 5.20. The van der Waals surface area contributed by atoms with Gasteiger partial charge >= 0.3 is 6.09 Å². The summed E-state index contributed by atoms with van der Waals surface area (Å²) in [7, 11) is 1.87. The summed E-state index contributed by atoms with van der Waals surface area (Å²) in [5.74, 6) is -1.87. The maximum absolute atomic E-state index is 12.4. The van der Waals surface area contributed by atoms with Gasteiger partial charge in [-0.05, 0) is 31.3 Å². The van der Waals surface area contributed by atoms with Gasteiger partial charge in [0, 0.05) is 55.8 Å². The summed E-state index contributed by atoms with van der Waals surface area (Å²) in [5.41, 5.74) is 7.60. The van der Waals surface area contributed by atoms with Crippen molar-refractivity contribution in [3.05, 3.63) is 48.4 Å². The molecule has 3 aromatic rings. The van der Waals surface area contributed by atoms with E-state index in [0.717, 1.165) is 23.0 Å². The van der Waals surface area contributed by atoms with E-state index in [1.165, 1.54) is 11.1 Å². The van der Waals surface area contributed by atoms with Crippen molar-refractivity contribution in [2.45, 2.75) is 24.9 Å². The van der Waals surface area contributed by atoms with E-state index in [9.17, 15) is 18.4 Å². The number of fused-ring (bicyclic) bond motifs is 1. The smallest absolute Gasteiger partial charge is 0.415 e. The second-order valence-corrected chi connectivity index (χ2v) is 8.37. The van der Waals surface area contributed by atoms with Crippen molar-refractivity contribution in [2.75, 3.05) is 38.1 Å². The van der Waals surface area contributed by atoms with Crippen molar-refractivity contribution in [1.82, 2.24) is 19.4 Å². The number of piperidine rings is 1. The van der Waals surface area contributed by atoms with Gasteiger partial charge in [-0.25, -0.2) is 23.5 Å². The van der Waals surface area contributed by atoms with E-state index < -0.39 is 12.0 Å². The molecule has 0 saturated carbocycles. The number of carbonyl (C=O) groups excluding carboxylic acids is 2. The molecule has 0 radical (unpaired) electrons. The molecule has 1 amide bonds. The van der Waals surface area contributed by atoms with Crippen LogP contribution in [0.5, 0.6) is 0 Å². The Morgan fingerprint density at radius 2 is 1.97 bits per heavy atom. The van der Waals surface area contributed by atoms with Crippen LogP contribution in [-0.2, 0) is 4.74 Å². The Hall–Kier alpha value is -3.44. The minimum Gasteiger partial charge on any atom is -0.443 e. The molecule has 9 nitrogen and oxygen atoms in total. The Bertz CT molecular complexity index is 1160. The topological polar surface area (TPSA) is 107 Å².